The van der Waals surface area contributed by atoms with Crippen LogP contribution >= 0.6 is 7.60 Å². The number of carbonyl (C=O) groups excluding carboxylic acids is 2. The van der Waals surface area contributed by atoms with Crippen LogP contribution < -0.4 is 10.1 Å². The molecule has 2 aliphatic heterocycles. The molecule has 193 valence electrons. The van der Waals surface area contributed by atoms with Crippen LogP contribution in [0.4, 0.5) is 0 Å². The smallest absolute Gasteiger partial charge is 0.359 e. The summed E-state index contributed by atoms with van der Waals surface area (Å²) in [4.78, 5) is 38.6. The number of amides is 2. The molecule has 2 N–H and O–H groups in total. The number of fused-ring (bicyclic) bond motifs is 1. The van der Waals surface area contributed by atoms with Gasteiger partial charge in [0.05, 0.1) is 24.6 Å². The van der Waals surface area contributed by atoms with Gasteiger partial charge in [-0.15, -0.1) is 0 Å². The van der Waals surface area contributed by atoms with Crippen LogP contribution in [-0.2, 0) is 28.0 Å². The van der Waals surface area contributed by atoms with Crippen LogP contribution in [0.1, 0.15) is 52.4 Å². The van der Waals surface area contributed by atoms with Gasteiger partial charge in [-0.1, -0.05) is 44.9 Å². The fourth-order valence-corrected chi connectivity index (χ4v) is 6.03. The molecule has 2 aliphatic rings. The Balaban J connectivity index is 0.00000456. The van der Waals surface area contributed by atoms with Crippen LogP contribution in [-0.4, -0.2) is 89.3 Å². The number of carboxylic acid groups (broad SMARTS) is 1. The minimum absolute atomic E-state index is 0. The standard InChI is InChI=1S/C24H33N2O8P.Na/c1-3-5-14-33-35(31,34-15-6-4-2)19-13-12-18-21(23(28)26(18)22(19)24(29)30)25-20(27)16-32-17-10-8-7-9-11-17;/h7-11,18,21H,3-6,12-16H2,1-2H3,(H,25,27)(H,29,30);. The largest absolute Gasteiger partial charge is 0.484 e. The summed E-state index contributed by atoms with van der Waals surface area (Å²) < 4.78 is 30.4. The molecule has 2 amide bonds. The van der Waals surface area contributed by atoms with Crippen molar-refractivity contribution in [1.82, 2.24) is 10.2 Å². The molecule has 2 unspecified atom stereocenters. The molecule has 3 rings (SSSR count). The average molecular weight is 531 g/mol. The van der Waals surface area contributed by atoms with Gasteiger partial charge in [-0.25, -0.2) is 4.79 Å². The number of aliphatic carboxylic acids is 1. The minimum atomic E-state index is -3.92. The topological polar surface area (TPSA) is 131 Å². The zero-order valence-corrected chi connectivity index (χ0v) is 24.0. The summed E-state index contributed by atoms with van der Waals surface area (Å²) in [6, 6.07) is 7.35. The minimum Gasteiger partial charge on any atom is -0.484 e. The number of rotatable bonds is 14. The predicted molar refractivity (Wildman–Crippen MR) is 133 cm³/mol. The second kappa shape index (κ2) is 14.3. The molecular formula is C24H33N2NaO8P. The molecule has 0 bridgehead atoms. The first-order valence-corrected chi connectivity index (χ1v) is 13.5. The fourth-order valence-electron chi connectivity index (χ4n) is 4.04. The van der Waals surface area contributed by atoms with E-state index < -0.39 is 37.5 Å². The first-order chi connectivity index (χ1) is 16.8. The van der Waals surface area contributed by atoms with Crippen LogP contribution in [0.25, 0.3) is 0 Å². The van der Waals surface area contributed by atoms with Crippen molar-refractivity contribution in [2.45, 2.75) is 64.5 Å². The molecule has 0 saturated carbocycles. The summed E-state index contributed by atoms with van der Waals surface area (Å²) in [5.74, 6) is -1.93. The molecule has 0 aliphatic carbocycles. The fraction of sp³-hybridized carbons (Fsp3) is 0.542. The molecule has 1 fully saturated rings. The summed E-state index contributed by atoms with van der Waals surface area (Å²) in [6.45, 7) is 3.95. The van der Waals surface area contributed by atoms with Gasteiger partial charge in [0.15, 0.2) is 6.61 Å². The Kier molecular flexibility index (Phi) is 12.1. The second-order valence-corrected chi connectivity index (χ2v) is 10.5. The zero-order valence-electron chi connectivity index (χ0n) is 21.1. The van der Waals surface area contributed by atoms with Crippen molar-refractivity contribution < 1.29 is 37.8 Å². The number of hydrogen-bond acceptors (Lipinski definition) is 7. The normalized spacial score (nSPS) is 19.2. The number of nitrogens with zero attached hydrogens (tertiary/aromatic N) is 1. The maximum atomic E-state index is 13.7. The van der Waals surface area contributed by atoms with E-state index in [1.807, 2.05) is 19.9 Å². The number of hydrogen-bond donors (Lipinski definition) is 2. The third kappa shape index (κ3) is 7.21. The summed E-state index contributed by atoms with van der Waals surface area (Å²) in [5, 5.41) is 12.6. The molecule has 1 saturated heterocycles. The van der Waals surface area contributed by atoms with E-state index in [4.69, 9.17) is 13.8 Å². The Labute approximate surface area is 233 Å². The van der Waals surface area contributed by atoms with Crippen molar-refractivity contribution in [2.24, 2.45) is 0 Å². The quantitative estimate of drug-likeness (QED) is 0.162. The van der Waals surface area contributed by atoms with Crippen molar-refractivity contribution in [3.63, 3.8) is 0 Å². The van der Waals surface area contributed by atoms with Crippen molar-refractivity contribution in [1.29, 1.82) is 0 Å². The number of benzene rings is 1. The van der Waals surface area contributed by atoms with Crippen LogP contribution in [0, 0.1) is 0 Å². The first kappa shape index (κ1) is 30.5. The molecule has 36 heavy (non-hydrogen) atoms. The summed E-state index contributed by atoms with van der Waals surface area (Å²) in [6.07, 6.45) is 3.34. The van der Waals surface area contributed by atoms with Crippen LogP contribution in [0.15, 0.2) is 41.3 Å². The number of nitrogens with one attached hydrogen (secondary N) is 1. The van der Waals surface area contributed by atoms with Crippen LogP contribution in [0.2, 0.25) is 0 Å². The number of ether oxygens (including phenoxy) is 1. The van der Waals surface area contributed by atoms with E-state index in [1.165, 1.54) is 0 Å². The molecule has 12 heteroatoms. The van der Waals surface area contributed by atoms with Gasteiger partial charge in [-0.2, -0.15) is 0 Å². The van der Waals surface area contributed by atoms with Crippen molar-refractivity contribution in [2.75, 3.05) is 19.8 Å². The molecule has 10 nitrogen and oxygen atoms in total. The van der Waals surface area contributed by atoms with Gasteiger partial charge < -0.3 is 24.2 Å². The molecule has 2 heterocycles. The number of unbranched alkanes of at least 4 members (excludes halogenated alkanes) is 2. The number of para-hydroxylation sites is 1. The van der Waals surface area contributed by atoms with E-state index >= 15 is 0 Å². The third-order valence-electron chi connectivity index (χ3n) is 5.89. The first-order valence-electron chi connectivity index (χ1n) is 12.0. The summed E-state index contributed by atoms with van der Waals surface area (Å²) >= 11 is 0. The van der Waals surface area contributed by atoms with Crippen LogP contribution in [0.3, 0.4) is 0 Å². The SMILES string of the molecule is CCCCOP(=O)(OCCCC)C1=C(C(=O)O)N2C(=O)C(NC(=O)COc3ccccc3)C2CC1.[Na]. The van der Waals surface area contributed by atoms with Crippen molar-refractivity contribution in [3.8, 4) is 5.75 Å². The Hall–Kier alpha value is -1.68. The molecule has 0 aromatic heterocycles. The van der Waals surface area contributed by atoms with Gasteiger partial charge in [0.2, 0.25) is 0 Å². The Morgan fingerprint density at radius 3 is 2.28 bits per heavy atom. The van der Waals surface area contributed by atoms with E-state index in [1.54, 1.807) is 24.3 Å². The van der Waals surface area contributed by atoms with Gasteiger partial charge >= 0.3 is 13.6 Å². The monoisotopic (exact) mass is 531 g/mol. The summed E-state index contributed by atoms with van der Waals surface area (Å²) in [7, 11) is -3.92. The Morgan fingerprint density at radius 2 is 1.72 bits per heavy atom. The maximum absolute atomic E-state index is 13.7. The van der Waals surface area contributed by atoms with Gasteiger partial charge in [0, 0.05) is 29.6 Å². The molecule has 1 aromatic carbocycles. The van der Waals surface area contributed by atoms with Gasteiger partial charge in [0.1, 0.15) is 17.5 Å². The molecule has 1 aromatic rings. The van der Waals surface area contributed by atoms with Crippen molar-refractivity contribution >= 4 is 54.9 Å². The van der Waals surface area contributed by atoms with E-state index in [0.29, 0.717) is 25.0 Å². The molecule has 2 atom stereocenters. The van der Waals surface area contributed by atoms with Gasteiger partial charge in [0.25, 0.3) is 11.8 Å². The maximum Gasteiger partial charge on any atom is 0.359 e. The third-order valence-corrected chi connectivity index (χ3v) is 8.03. The Morgan fingerprint density at radius 1 is 1.11 bits per heavy atom. The predicted octanol–water partition coefficient (Wildman–Crippen LogP) is 3.30. The zero-order chi connectivity index (χ0) is 25.4. The molecule has 0 spiro atoms. The van der Waals surface area contributed by atoms with E-state index in [0.717, 1.165) is 17.7 Å². The van der Waals surface area contributed by atoms with E-state index in [-0.39, 0.29) is 66.8 Å². The number of allylic oxidation sites excluding steroid dienone is 1. The number of carboxylic acids is 1. The number of β-lactam (4-membered cyclic amide) rings is 1. The van der Waals surface area contributed by atoms with Crippen LogP contribution in [0.5, 0.6) is 5.75 Å². The van der Waals surface area contributed by atoms with E-state index in [2.05, 4.69) is 5.32 Å². The molecule has 1 radical (unpaired) electrons. The second-order valence-electron chi connectivity index (χ2n) is 8.43. The Bertz CT molecular complexity index is 989. The summed E-state index contributed by atoms with van der Waals surface area (Å²) in [5.41, 5.74) is -0.367. The number of carbonyl (C=O) groups is 3. The van der Waals surface area contributed by atoms with Crippen molar-refractivity contribution in [3.05, 3.63) is 41.3 Å². The van der Waals surface area contributed by atoms with E-state index in [9.17, 15) is 24.1 Å². The average Bonchev–Trinajstić information content (AvgIpc) is 2.86. The van der Waals surface area contributed by atoms with Gasteiger partial charge in [-0.05, 0) is 37.8 Å². The molecular weight excluding hydrogens is 498 g/mol. The van der Waals surface area contributed by atoms with Gasteiger partial charge in [-0.3, -0.25) is 19.1 Å².